The van der Waals surface area contributed by atoms with Crippen LogP contribution in [0.3, 0.4) is 0 Å². The van der Waals surface area contributed by atoms with E-state index in [0.29, 0.717) is 5.02 Å². The van der Waals surface area contributed by atoms with E-state index in [0.717, 1.165) is 11.1 Å². The summed E-state index contributed by atoms with van der Waals surface area (Å²) in [5.41, 5.74) is 1.22. The molecule has 0 aliphatic rings. The number of hydrogen-bond donors (Lipinski definition) is 1. The van der Waals surface area contributed by atoms with E-state index in [2.05, 4.69) is 10.3 Å². The van der Waals surface area contributed by atoms with Crippen molar-refractivity contribution < 1.29 is 4.79 Å². The Bertz CT molecular complexity index is 626. The van der Waals surface area contributed by atoms with Gasteiger partial charge in [-0.3, -0.25) is 9.78 Å². The van der Waals surface area contributed by atoms with Crippen molar-refractivity contribution in [3.05, 3.63) is 64.9 Å². The van der Waals surface area contributed by atoms with Crippen molar-refractivity contribution in [2.75, 3.05) is 0 Å². The molecule has 0 radical (unpaired) electrons. The number of nitrogens with one attached hydrogen (secondary N) is 1. The number of nitrogens with zero attached hydrogens (tertiary/aromatic N) is 1. The van der Waals surface area contributed by atoms with Gasteiger partial charge in [-0.15, -0.1) is 0 Å². The number of amides is 1. The van der Waals surface area contributed by atoms with Crippen LogP contribution in [-0.2, 0) is 10.2 Å². The standard InChI is InChI=1S/C17H19ClN2O/c1-12(13-6-5-9-19-11-13)20-16(21)17(2,3)14-7-4-8-15(18)10-14/h4-12H,1-3H3,(H,20,21). The normalized spacial score (nSPS) is 12.8. The van der Waals surface area contributed by atoms with Gasteiger partial charge in [0.05, 0.1) is 11.5 Å². The molecule has 0 saturated heterocycles. The Labute approximate surface area is 130 Å². The second kappa shape index (κ2) is 6.27. The average Bonchev–Trinajstić information content (AvgIpc) is 2.48. The minimum absolute atomic E-state index is 0.0406. The summed E-state index contributed by atoms with van der Waals surface area (Å²) < 4.78 is 0. The zero-order chi connectivity index (χ0) is 15.5. The molecule has 1 heterocycles. The molecule has 1 aromatic carbocycles. The number of carbonyl (C=O) groups excluding carboxylic acids is 1. The van der Waals surface area contributed by atoms with Gasteiger partial charge >= 0.3 is 0 Å². The van der Waals surface area contributed by atoms with Crippen LogP contribution in [0, 0.1) is 0 Å². The Balaban J connectivity index is 2.15. The Morgan fingerprint density at radius 3 is 2.67 bits per heavy atom. The number of hydrogen-bond acceptors (Lipinski definition) is 2. The fourth-order valence-corrected chi connectivity index (χ4v) is 2.29. The highest BCUT2D eigenvalue weighted by Crippen LogP contribution is 2.26. The summed E-state index contributed by atoms with van der Waals surface area (Å²) in [7, 11) is 0. The highest BCUT2D eigenvalue weighted by atomic mass is 35.5. The predicted molar refractivity (Wildman–Crippen MR) is 85.3 cm³/mol. The minimum Gasteiger partial charge on any atom is -0.349 e. The van der Waals surface area contributed by atoms with Crippen LogP contribution in [0.2, 0.25) is 5.02 Å². The zero-order valence-electron chi connectivity index (χ0n) is 12.4. The van der Waals surface area contributed by atoms with Gasteiger partial charge in [-0.1, -0.05) is 29.8 Å². The number of rotatable bonds is 4. The fourth-order valence-electron chi connectivity index (χ4n) is 2.10. The molecule has 1 N–H and O–H groups in total. The molecule has 1 amide bonds. The van der Waals surface area contributed by atoms with Crippen molar-refractivity contribution in [1.82, 2.24) is 10.3 Å². The SMILES string of the molecule is CC(NC(=O)C(C)(C)c1cccc(Cl)c1)c1cccnc1. The maximum Gasteiger partial charge on any atom is 0.230 e. The van der Waals surface area contributed by atoms with E-state index in [-0.39, 0.29) is 11.9 Å². The molecule has 1 atom stereocenters. The Morgan fingerprint density at radius 2 is 2.05 bits per heavy atom. The first kappa shape index (κ1) is 15.5. The van der Waals surface area contributed by atoms with E-state index in [1.807, 2.05) is 51.1 Å². The fraction of sp³-hybridized carbons (Fsp3) is 0.294. The Kier molecular flexibility index (Phi) is 4.63. The highest BCUT2D eigenvalue weighted by Gasteiger charge is 2.30. The molecule has 1 unspecified atom stereocenters. The maximum absolute atomic E-state index is 12.6. The summed E-state index contributed by atoms with van der Waals surface area (Å²) in [5, 5.41) is 3.67. The first-order valence-electron chi connectivity index (χ1n) is 6.88. The highest BCUT2D eigenvalue weighted by molar-refractivity contribution is 6.30. The Hall–Kier alpha value is -1.87. The summed E-state index contributed by atoms with van der Waals surface area (Å²) in [6, 6.07) is 11.1. The lowest BCUT2D eigenvalue weighted by atomic mass is 9.83. The summed E-state index contributed by atoms with van der Waals surface area (Å²) in [6.45, 7) is 5.73. The molecule has 0 aliphatic heterocycles. The summed E-state index contributed by atoms with van der Waals surface area (Å²) >= 11 is 6.02. The minimum atomic E-state index is -0.651. The van der Waals surface area contributed by atoms with Crippen molar-refractivity contribution in [1.29, 1.82) is 0 Å². The van der Waals surface area contributed by atoms with E-state index < -0.39 is 5.41 Å². The second-order valence-corrected chi connectivity index (χ2v) is 6.05. The van der Waals surface area contributed by atoms with Crippen molar-refractivity contribution in [2.24, 2.45) is 0 Å². The van der Waals surface area contributed by atoms with E-state index in [1.165, 1.54) is 0 Å². The molecule has 2 rings (SSSR count). The lowest BCUT2D eigenvalue weighted by Crippen LogP contribution is -2.41. The third-order valence-electron chi connectivity index (χ3n) is 3.65. The molecule has 0 bridgehead atoms. The van der Waals surface area contributed by atoms with Crippen LogP contribution in [0.25, 0.3) is 0 Å². The molecule has 110 valence electrons. The molecule has 0 aliphatic carbocycles. The van der Waals surface area contributed by atoms with Crippen LogP contribution < -0.4 is 5.32 Å². The predicted octanol–water partition coefficient (Wildman–Crippen LogP) is 3.89. The van der Waals surface area contributed by atoms with Gasteiger partial charge < -0.3 is 5.32 Å². The number of halogens is 1. The van der Waals surface area contributed by atoms with Gasteiger partial charge in [0.25, 0.3) is 0 Å². The van der Waals surface area contributed by atoms with Gasteiger partial charge in [0.1, 0.15) is 0 Å². The maximum atomic E-state index is 12.6. The Morgan fingerprint density at radius 1 is 1.29 bits per heavy atom. The lowest BCUT2D eigenvalue weighted by Gasteiger charge is -2.26. The van der Waals surface area contributed by atoms with Crippen molar-refractivity contribution >= 4 is 17.5 Å². The van der Waals surface area contributed by atoms with Crippen LogP contribution in [0.15, 0.2) is 48.8 Å². The summed E-state index contributed by atoms with van der Waals surface area (Å²) in [5.74, 6) is -0.0406. The topological polar surface area (TPSA) is 42.0 Å². The third kappa shape index (κ3) is 3.61. The third-order valence-corrected chi connectivity index (χ3v) is 3.88. The van der Waals surface area contributed by atoms with Crippen LogP contribution in [0.1, 0.15) is 37.9 Å². The molecule has 4 heteroatoms. The molecular weight excluding hydrogens is 284 g/mol. The molecule has 0 fully saturated rings. The van der Waals surface area contributed by atoms with E-state index in [4.69, 9.17) is 11.6 Å². The van der Waals surface area contributed by atoms with Crippen molar-refractivity contribution in [2.45, 2.75) is 32.2 Å². The van der Waals surface area contributed by atoms with Crippen LogP contribution in [0.4, 0.5) is 0 Å². The molecule has 2 aromatic rings. The van der Waals surface area contributed by atoms with Crippen LogP contribution in [-0.4, -0.2) is 10.9 Å². The average molecular weight is 303 g/mol. The summed E-state index contributed by atoms with van der Waals surface area (Å²) in [6.07, 6.45) is 3.48. The molecule has 21 heavy (non-hydrogen) atoms. The molecule has 0 spiro atoms. The van der Waals surface area contributed by atoms with Crippen LogP contribution >= 0.6 is 11.6 Å². The van der Waals surface area contributed by atoms with E-state index in [1.54, 1.807) is 18.5 Å². The van der Waals surface area contributed by atoms with Gasteiger partial charge in [-0.05, 0) is 50.1 Å². The molecule has 3 nitrogen and oxygen atoms in total. The lowest BCUT2D eigenvalue weighted by molar-refractivity contribution is -0.126. The monoisotopic (exact) mass is 302 g/mol. The number of benzene rings is 1. The number of carbonyl (C=O) groups is 1. The first-order chi connectivity index (χ1) is 9.91. The number of pyridine rings is 1. The van der Waals surface area contributed by atoms with E-state index in [9.17, 15) is 4.79 Å². The molecule has 1 aromatic heterocycles. The largest absolute Gasteiger partial charge is 0.349 e. The number of aromatic nitrogens is 1. The van der Waals surface area contributed by atoms with E-state index >= 15 is 0 Å². The smallest absolute Gasteiger partial charge is 0.230 e. The van der Waals surface area contributed by atoms with Gasteiger partial charge in [-0.25, -0.2) is 0 Å². The van der Waals surface area contributed by atoms with Gasteiger partial charge in [-0.2, -0.15) is 0 Å². The van der Waals surface area contributed by atoms with Crippen molar-refractivity contribution in [3.8, 4) is 0 Å². The summed E-state index contributed by atoms with van der Waals surface area (Å²) in [4.78, 5) is 16.7. The van der Waals surface area contributed by atoms with Crippen molar-refractivity contribution in [3.63, 3.8) is 0 Å². The quantitative estimate of drug-likeness (QED) is 0.931. The second-order valence-electron chi connectivity index (χ2n) is 5.62. The van der Waals surface area contributed by atoms with Crippen LogP contribution in [0.5, 0.6) is 0 Å². The first-order valence-corrected chi connectivity index (χ1v) is 7.26. The van der Waals surface area contributed by atoms with Gasteiger partial charge in [0, 0.05) is 17.4 Å². The molecule has 0 saturated carbocycles. The molecular formula is C17H19ClN2O. The van der Waals surface area contributed by atoms with Gasteiger partial charge in [0.15, 0.2) is 0 Å². The van der Waals surface area contributed by atoms with Gasteiger partial charge in [0.2, 0.25) is 5.91 Å². The zero-order valence-corrected chi connectivity index (χ0v) is 13.2.